The molecule has 0 radical (unpaired) electrons. The molecule has 0 spiro atoms. The van der Waals surface area contributed by atoms with Crippen LogP contribution in [0.1, 0.15) is 12.0 Å². The molecule has 1 heterocycles. The van der Waals surface area contributed by atoms with Crippen LogP contribution in [0.4, 0.5) is 27.6 Å². The second-order valence-electron chi connectivity index (χ2n) is 3.24. The van der Waals surface area contributed by atoms with Gasteiger partial charge in [0.05, 0.1) is 4.92 Å². The van der Waals surface area contributed by atoms with Crippen molar-refractivity contribution in [1.29, 1.82) is 0 Å². The van der Waals surface area contributed by atoms with E-state index >= 15 is 0 Å². The summed E-state index contributed by atoms with van der Waals surface area (Å²) >= 11 is 0. The first-order valence-corrected chi connectivity index (χ1v) is 6.81. The van der Waals surface area contributed by atoms with Crippen molar-refractivity contribution >= 4 is 25.4 Å². The van der Waals surface area contributed by atoms with Gasteiger partial charge >= 0.3 is 12.0 Å². The van der Waals surface area contributed by atoms with Crippen LogP contribution in [0.15, 0.2) is 11.1 Å². The summed E-state index contributed by atoms with van der Waals surface area (Å²) in [5.74, 6) is -1.83. The number of hydrogen-bond acceptors (Lipinski definition) is 6. The lowest BCUT2D eigenvalue weighted by Gasteiger charge is -2.12. The molecule has 0 aromatic carbocycles. The summed E-state index contributed by atoms with van der Waals surface area (Å²) in [7, 11) is -0.474. The van der Waals surface area contributed by atoms with Crippen molar-refractivity contribution in [3.8, 4) is 5.88 Å². The Labute approximate surface area is 116 Å². The molecule has 0 saturated heterocycles. The van der Waals surface area contributed by atoms with Crippen LogP contribution in [-0.2, 0) is 9.05 Å². The van der Waals surface area contributed by atoms with E-state index in [-0.39, 0.29) is 6.20 Å². The molecule has 0 saturated carbocycles. The number of rotatable bonds is 4. The Hall–Kier alpha value is -1.76. The molecule has 0 amide bonds. The topological polar surface area (TPSA) is 99.4 Å². The standard InChI is InChI=1S/C7H2ClF5N2O5S/c8-21(18,19)4-3(15(16)17)2(5(9)10)1-14-6(4)20-7(11,12)13/h1,5H. The third kappa shape index (κ3) is 4.10. The molecule has 0 atom stereocenters. The fraction of sp³-hybridized carbons (Fsp3) is 0.286. The Balaban J connectivity index is 3.78. The molecular formula is C7H2ClF5N2O5S. The molecule has 1 rings (SSSR count). The minimum Gasteiger partial charge on any atom is -0.386 e. The summed E-state index contributed by atoms with van der Waals surface area (Å²) in [6.45, 7) is 0. The highest BCUT2D eigenvalue weighted by atomic mass is 35.7. The zero-order valence-corrected chi connectivity index (χ0v) is 10.8. The third-order valence-corrected chi connectivity index (χ3v) is 3.20. The number of alkyl halides is 5. The molecule has 1 aromatic rings. The highest BCUT2D eigenvalue weighted by molar-refractivity contribution is 8.14. The maximum Gasteiger partial charge on any atom is 0.574 e. The monoisotopic (exact) mass is 356 g/mol. The number of halogens is 6. The Morgan fingerprint density at radius 3 is 2.24 bits per heavy atom. The van der Waals surface area contributed by atoms with Crippen LogP contribution in [0.5, 0.6) is 5.88 Å². The van der Waals surface area contributed by atoms with Crippen LogP contribution < -0.4 is 4.74 Å². The number of pyridine rings is 1. The lowest BCUT2D eigenvalue weighted by Crippen LogP contribution is -2.20. The molecule has 7 nitrogen and oxygen atoms in total. The Kier molecular flexibility index (Phi) is 4.57. The smallest absolute Gasteiger partial charge is 0.386 e. The van der Waals surface area contributed by atoms with Crippen LogP contribution in [0.2, 0.25) is 0 Å². The van der Waals surface area contributed by atoms with Gasteiger partial charge in [-0.3, -0.25) is 10.1 Å². The van der Waals surface area contributed by atoms with Gasteiger partial charge in [0.1, 0.15) is 5.56 Å². The fourth-order valence-electron chi connectivity index (χ4n) is 1.23. The van der Waals surface area contributed by atoms with Gasteiger partial charge in [0.15, 0.2) is 0 Å². The van der Waals surface area contributed by atoms with E-state index in [1.54, 1.807) is 0 Å². The van der Waals surface area contributed by atoms with Crippen LogP contribution >= 0.6 is 10.7 Å². The van der Waals surface area contributed by atoms with E-state index in [1.165, 1.54) is 0 Å². The van der Waals surface area contributed by atoms with Crippen LogP contribution in [0.25, 0.3) is 0 Å². The van der Waals surface area contributed by atoms with Gasteiger partial charge in [0, 0.05) is 16.9 Å². The van der Waals surface area contributed by atoms with Crippen molar-refractivity contribution < 1.29 is 40.0 Å². The fourth-order valence-corrected chi connectivity index (χ4v) is 2.37. The molecule has 21 heavy (non-hydrogen) atoms. The first kappa shape index (κ1) is 17.3. The molecule has 118 valence electrons. The summed E-state index contributed by atoms with van der Waals surface area (Å²) in [5.41, 5.74) is -3.36. The molecule has 0 N–H and O–H groups in total. The second kappa shape index (κ2) is 5.55. The number of nitrogens with zero attached hydrogens (tertiary/aromatic N) is 2. The van der Waals surface area contributed by atoms with Gasteiger partial charge in [-0.15, -0.1) is 13.2 Å². The number of ether oxygens (including phenoxy) is 1. The molecule has 14 heteroatoms. The van der Waals surface area contributed by atoms with Gasteiger partial charge < -0.3 is 4.74 Å². The summed E-state index contributed by atoms with van der Waals surface area (Å²) < 4.78 is 86.9. The van der Waals surface area contributed by atoms with Gasteiger partial charge in [0.2, 0.25) is 10.8 Å². The molecule has 0 aliphatic heterocycles. The molecule has 0 fully saturated rings. The summed E-state index contributed by atoms with van der Waals surface area (Å²) in [6, 6.07) is 0. The van der Waals surface area contributed by atoms with E-state index < -0.39 is 48.8 Å². The Bertz CT molecular complexity index is 677. The van der Waals surface area contributed by atoms with E-state index in [9.17, 15) is 40.5 Å². The Morgan fingerprint density at radius 2 is 1.90 bits per heavy atom. The lowest BCUT2D eigenvalue weighted by atomic mass is 10.2. The average molecular weight is 357 g/mol. The number of aromatic nitrogens is 1. The zero-order chi connectivity index (χ0) is 16.6. The highest BCUT2D eigenvalue weighted by Crippen LogP contribution is 2.41. The molecule has 0 aliphatic carbocycles. The molecular weight excluding hydrogens is 355 g/mol. The van der Waals surface area contributed by atoms with Gasteiger partial charge in [-0.2, -0.15) is 0 Å². The number of nitro groups is 1. The van der Waals surface area contributed by atoms with E-state index in [0.29, 0.717) is 0 Å². The van der Waals surface area contributed by atoms with Gasteiger partial charge in [0.25, 0.3) is 15.5 Å². The van der Waals surface area contributed by atoms with Crippen molar-refractivity contribution in [3.05, 3.63) is 21.9 Å². The minimum absolute atomic E-state index is 0.00452. The van der Waals surface area contributed by atoms with E-state index in [2.05, 4.69) is 9.72 Å². The summed E-state index contributed by atoms with van der Waals surface area (Å²) in [4.78, 5) is 9.88. The molecule has 0 aliphatic rings. The normalized spacial score (nSPS) is 12.5. The predicted octanol–water partition coefficient (Wildman–Crippen LogP) is 2.75. The van der Waals surface area contributed by atoms with E-state index in [1.807, 2.05) is 0 Å². The van der Waals surface area contributed by atoms with Gasteiger partial charge in [-0.1, -0.05) is 0 Å². The average Bonchev–Trinajstić information content (AvgIpc) is 2.23. The van der Waals surface area contributed by atoms with Crippen molar-refractivity contribution in [2.45, 2.75) is 17.7 Å². The molecule has 0 bridgehead atoms. The first-order chi connectivity index (χ1) is 9.34. The lowest BCUT2D eigenvalue weighted by molar-refractivity contribution is -0.389. The number of hydrogen-bond donors (Lipinski definition) is 0. The predicted molar refractivity (Wildman–Crippen MR) is 55.6 cm³/mol. The van der Waals surface area contributed by atoms with E-state index in [0.717, 1.165) is 0 Å². The molecule has 0 unspecified atom stereocenters. The minimum atomic E-state index is -5.47. The van der Waals surface area contributed by atoms with Crippen LogP contribution in [0.3, 0.4) is 0 Å². The third-order valence-electron chi connectivity index (χ3n) is 1.88. The van der Waals surface area contributed by atoms with Crippen LogP contribution in [-0.4, -0.2) is 24.7 Å². The SMILES string of the molecule is O=[N+]([O-])c1c(C(F)F)cnc(OC(F)(F)F)c1S(=O)(=O)Cl. The van der Waals surface area contributed by atoms with Crippen LogP contribution in [0, 0.1) is 10.1 Å². The maximum absolute atomic E-state index is 12.6. The first-order valence-electron chi connectivity index (χ1n) is 4.50. The highest BCUT2D eigenvalue weighted by Gasteiger charge is 2.41. The zero-order valence-electron chi connectivity index (χ0n) is 9.27. The van der Waals surface area contributed by atoms with E-state index in [4.69, 9.17) is 10.7 Å². The quantitative estimate of drug-likeness (QED) is 0.356. The largest absolute Gasteiger partial charge is 0.574 e. The van der Waals surface area contributed by atoms with Gasteiger partial charge in [-0.05, 0) is 0 Å². The van der Waals surface area contributed by atoms with Crippen molar-refractivity contribution in [2.24, 2.45) is 0 Å². The summed E-state index contributed by atoms with van der Waals surface area (Å²) in [6.07, 6.45) is -9.05. The maximum atomic E-state index is 12.6. The summed E-state index contributed by atoms with van der Waals surface area (Å²) in [5, 5.41) is 10.7. The van der Waals surface area contributed by atoms with Gasteiger partial charge in [-0.25, -0.2) is 22.2 Å². The van der Waals surface area contributed by atoms with Crippen molar-refractivity contribution in [2.75, 3.05) is 0 Å². The Morgan fingerprint density at radius 1 is 1.38 bits per heavy atom. The van der Waals surface area contributed by atoms with Crippen molar-refractivity contribution in [1.82, 2.24) is 4.98 Å². The van der Waals surface area contributed by atoms with Crippen molar-refractivity contribution in [3.63, 3.8) is 0 Å². The second-order valence-corrected chi connectivity index (χ2v) is 5.74. The molecule has 1 aromatic heterocycles.